The summed E-state index contributed by atoms with van der Waals surface area (Å²) in [7, 11) is 0. The van der Waals surface area contributed by atoms with E-state index in [2.05, 4.69) is 97.1 Å². The second kappa shape index (κ2) is 4.49. The highest BCUT2D eigenvalue weighted by Crippen LogP contribution is 2.41. The van der Waals surface area contributed by atoms with Crippen molar-refractivity contribution in [3.8, 4) is 0 Å². The summed E-state index contributed by atoms with van der Waals surface area (Å²) in [5, 5.41) is 5.34. The molecule has 0 nitrogen and oxygen atoms in total. The average Bonchev–Trinajstić information content (AvgIpc) is 3.18. The van der Waals surface area contributed by atoms with Gasteiger partial charge >= 0.3 is 0 Å². The Balaban J connectivity index is 1.56. The van der Waals surface area contributed by atoms with E-state index >= 15 is 0 Å². The fourth-order valence-electron chi connectivity index (χ4n) is 4.43. The first-order valence-corrected chi connectivity index (χ1v) is 8.79. The van der Waals surface area contributed by atoms with Crippen LogP contribution in [0.2, 0.25) is 0 Å². The molecule has 0 amide bonds. The molecule has 0 saturated heterocycles. The minimum atomic E-state index is -0.116. The molecule has 0 unspecified atom stereocenters. The maximum Gasteiger partial charge on any atom is 0.0447 e. The first-order chi connectivity index (χ1) is 12.3. The van der Waals surface area contributed by atoms with E-state index in [1.807, 2.05) is 0 Å². The number of rotatable bonds is 0. The summed E-state index contributed by atoms with van der Waals surface area (Å²) in [6.07, 6.45) is 18.7. The Bertz CT molecular complexity index is 1220. The molecule has 0 heterocycles. The zero-order valence-electron chi connectivity index (χ0n) is 13.7. The SMILES string of the molecule is C1=CC2(C=CC3=c4ccccc4=CC3=C2)C=C2C=c3ccccc3=C12. The van der Waals surface area contributed by atoms with Crippen molar-refractivity contribution in [3.63, 3.8) is 0 Å². The maximum absolute atomic E-state index is 2.40. The van der Waals surface area contributed by atoms with Crippen molar-refractivity contribution in [2.24, 2.45) is 5.41 Å². The summed E-state index contributed by atoms with van der Waals surface area (Å²) in [4.78, 5) is 0. The van der Waals surface area contributed by atoms with Gasteiger partial charge in [-0.2, -0.15) is 0 Å². The maximum atomic E-state index is 2.40. The minimum Gasteiger partial charge on any atom is -0.0663 e. The molecule has 4 aliphatic rings. The lowest BCUT2D eigenvalue weighted by Crippen LogP contribution is -2.23. The first-order valence-electron chi connectivity index (χ1n) is 8.79. The molecule has 2 aromatic rings. The highest BCUT2D eigenvalue weighted by Gasteiger charge is 2.29. The molecule has 0 saturated carbocycles. The van der Waals surface area contributed by atoms with Gasteiger partial charge in [0.25, 0.3) is 0 Å². The van der Waals surface area contributed by atoms with Crippen LogP contribution in [-0.4, -0.2) is 0 Å². The quantitative estimate of drug-likeness (QED) is 0.699. The fraction of sp³-hybridized carbons (Fsp3) is 0.0400. The average molecular weight is 316 g/mol. The van der Waals surface area contributed by atoms with Crippen LogP contribution in [0.4, 0.5) is 0 Å². The second-order valence-electron chi connectivity index (χ2n) is 7.16. The second-order valence-corrected chi connectivity index (χ2v) is 7.16. The van der Waals surface area contributed by atoms with Gasteiger partial charge < -0.3 is 0 Å². The summed E-state index contributed by atoms with van der Waals surface area (Å²) in [5.74, 6) is 0. The normalized spacial score (nSPS) is 20.2. The van der Waals surface area contributed by atoms with E-state index in [1.165, 1.54) is 43.2 Å². The van der Waals surface area contributed by atoms with Crippen molar-refractivity contribution < 1.29 is 0 Å². The van der Waals surface area contributed by atoms with Crippen LogP contribution in [0.3, 0.4) is 0 Å². The monoisotopic (exact) mass is 316 g/mol. The van der Waals surface area contributed by atoms with Crippen LogP contribution in [-0.2, 0) is 0 Å². The van der Waals surface area contributed by atoms with Crippen molar-refractivity contribution in [3.05, 3.63) is 117 Å². The minimum absolute atomic E-state index is 0.116. The van der Waals surface area contributed by atoms with Gasteiger partial charge in [0.15, 0.2) is 0 Å². The summed E-state index contributed by atoms with van der Waals surface area (Å²) in [6.45, 7) is 0. The Morgan fingerprint density at radius 2 is 1.04 bits per heavy atom. The molecule has 4 aliphatic carbocycles. The molecule has 25 heavy (non-hydrogen) atoms. The van der Waals surface area contributed by atoms with Crippen molar-refractivity contribution >= 4 is 23.3 Å². The Hall–Kier alpha value is -3.12. The molecule has 0 bridgehead atoms. The van der Waals surface area contributed by atoms with E-state index in [1.54, 1.807) is 0 Å². The lowest BCUT2D eigenvalue weighted by Gasteiger charge is -2.28. The van der Waals surface area contributed by atoms with Crippen LogP contribution < -0.4 is 20.9 Å². The topological polar surface area (TPSA) is 0 Å². The van der Waals surface area contributed by atoms with E-state index in [9.17, 15) is 0 Å². The van der Waals surface area contributed by atoms with Gasteiger partial charge in [-0.3, -0.25) is 0 Å². The van der Waals surface area contributed by atoms with Crippen molar-refractivity contribution in [2.45, 2.75) is 0 Å². The molecule has 1 spiro atoms. The summed E-state index contributed by atoms with van der Waals surface area (Å²) < 4.78 is 0. The predicted octanol–water partition coefficient (Wildman–Crippen LogP) is 2.26. The molecular weight excluding hydrogens is 300 g/mol. The van der Waals surface area contributed by atoms with Gasteiger partial charge in [0.2, 0.25) is 0 Å². The summed E-state index contributed by atoms with van der Waals surface area (Å²) >= 11 is 0. The highest BCUT2D eigenvalue weighted by atomic mass is 14.3. The predicted molar refractivity (Wildman–Crippen MR) is 104 cm³/mol. The Kier molecular flexibility index (Phi) is 2.37. The summed E-state index contributed by atoms with van der Waals surface area (Å²) in [6, 6.07) is 17.3. The summed E-state index contributed by atoms with van der Waals surface area (Å²) in [5.41, 5.74) is 5.26. The van der Waals surface area contributed by atoms with Crippen LogP contribution >= 0.6 is 0 Å². The molecule has 0 heteroatoms. The van der Waals surface area contributed by atoms with Gasteiger partial charge in [-0.25, -0.2) is 0 Å². The first kappa shape index (κ1) is 13.2. The van der Waals surface area contributed by atoms with Crippen LogP contribution in [0.1, 0.15) is 0 Å². The number of hydrogen-bond donors (Lipinski definition) is 0. The Morgan fingerprint density at radius 3 is 1.56 bits per heavy atom. The van der Waals surface area contributed by atoms with Gasteiger partial charge in [-0.15, -0.1) is 0 Å². The van der Waals surface area contributed by atoms with Gasteiger partial charge in [0.1, 0.15) is 0 Å². The Morgan fingerprint density at radius 1 is 0.560 bits per heavy atom. The highest BCUT2D eigenvalue weighted by molar-refractivity contribution is 5.92. The third-order valence-electron chi connectivity index (χ3n) is 5.63. The number of hydrogen-bond acceptors (Lipinski definition) is 0. The van der Waals surface area contributed by atoms with Crippen LogP contribution in [0.25, 0.3) is 23.3 Å². The van der Waals surface area contributed by atoms with Gasteiger partial charge in [-0.05, 0) is 55.3 Å². The molecule has 0 N–H and O–H groups in total. The van der Waals surface area contributed by atoms with Crippen molar-refractivity contribution in [1.29, 1.82) is 0 Å². The zero-order chi connectivity index (χ0) is 16.4. The lowest BCUT2D eigenvalue weighted by atomic mass is 9.75. The lowest BCUT2D eigenvalue weighted by molar-refractivity contribution is 0.804. The third-order valence-corrected chi connectivity index (χ3v) is 5.63. The van der Waals surface area contributed by atoms with E-state index in [0.29, 0.717) is 0 Å². The zero-order valence-corrected chi connectivity index (χ0v) is 13.7. The van der Waals surface area contributed by atoms with Crippen molar-refractivity contribution in [2.75, 3.05) is 0 Å². The van der Waals surface area contributed by atoms with Gasteiger partial charge in [-0.1, -0.05) is 85.0 Å². The molecule has 0 atom stereocenters. The molecule has 0 aromatic heterocycles. The standard InChI is InChI=1S/C25H16/c1-3-7-21-17(5-1)13-19-15-25(11-9-23(19)21)12-10-24-20(16-25)14-18-6-2-4-8-22(18)24/h1-16H. The number of fused-ring (bicyclic) bond motifs is 4. The number of allylic oxidation sites excluding steroid dienone is 8. The molecule has 0 radical (unpaired) electrons. The third kappa shape index (κ3) is 1.77. The van der Waals surface area contributed by atoms with Crippen LogP contribution in [0, 0.1) is 5.41 Å². The van der Waals surface area contributed by atoms with E-state index in [4.69, 9.17) is 0 Å². The van der Waals surface area contributed by atoms with E-state index < -0.39 is 0 Å². The molecule has 0 fully saturated rings. The van der Waals surface area contributed by atoms with Crippen LogP contribution in [0.5, 0.6) is 0 Å². The smallest absolute Gasteiger partial charge is 0.0447 e. The van der Waals surface area contributed by atoms with E-state index in [-0.39, 0.29) is 5.41 Å². The van der Waals surface area contributed by atoms with Gasteiger partial charge in [0.05, 0.1) is 0 Å². The number of benzene rings is 2. The molecule has 2 aromatic carbocycles. The van der Waals surface area contributed by atoms with Crippen molar-refractivity contribution in [1.82, 2.24) is 0 Å². The molecule has 0 aliphatic heterocycles. The molecule has 116 valence electrons. The fourth-order valence-corrected chi connectivity index (χ4v) is 4.43. The van der Waals surface area contributed by atoms with Gasteiger partial charge in [0, 0.05) is 5.41 Å². The van der Waals surface area contributed by atoms with Crippen LogP contribution in [0.15, 0.2) is 96.1 Å². The largest absolute Gasteiger partial charge is 0.0663 e. The molecule has 6 rings (SSSR count). The Labute approximate surface area is 146 Å². The molecular formula is C25H16. The van der Waals surface area contributed by atoms with E-state index in [0.717, 1.165) is 0 Å².